The highest BCUT2D eigenvalue weighted by Crippen LogP contribution is 2.37. The summed E-state index contributed by atoms with van der Waals surface area (Å²) >= 11 is 14.0. The maximum atomic E-state index is 6.30. The van der Waals surface area contributed by atoms with Crippen molar-refractivity contribution in [2.24, 2.45) is 7.05 Å². The molecule has 7 heteroatoms. The van der Waals surface area contributed by atoms with Crippen molar-refractivity contribution in [1.29, 1.82) is 0 Å². The van der Waals surface area contributed by atoms with Crippen molar-refractivity contribution in [2.75, 3.05) is 13.7 Å². The van der Waals surface area contributed by atoms with E-state index >= 15 is 0 Å². The molecule has 1 heterocycles. The molecule has 30 heavy (non-hydrogen) atoms. The van der Waals surface area contributed by atoms with Crippen LogP contribution in [0.15, 0.2) is 28.1 Å². The van der Waals surface area contributed by atoms with E-state index in [0.29, 0.717) is 22.6 Å². The lowest BCUT2D eigenvalue weighted by Crippen LogP contribution is -2.35. The zero-order valence-corrected chi connectivity index (χ0v) is 20.7. The molecule has 1 aromatic carbocycles. The molecule has 1 saturated carbocycles. The van der Waals surface area contributed by atoms with E-state index in [1.807, 2.05) is 12.1 Å². The number of hydrogen-bond donors (Lipinski definition) is 0. The van der Waals surface area contributed by atoms with Crippen LogP contribution in [0.1, 0.15) is 69.8 Å². The molecule has 2 aromatic rings. The number of imidazole rings is 1. The Balaban J connectivity index is 1.75. The summed E-state index contributed by atoms with van der Waals surface area (Å²) in [5, 5.41) is 2.40. The molecule has 0 aliphatic heterocycles. The molecular formula is C23H32Cl2N2O2S. The highest BCUT2D eigenvalue weighted by molar-refractivity contribution is 7.99. The first-order valence-corrected chi connectivity index (χ1v) is 12.3. The SMILES string of the molecule is COC1(OCCc2nc(C(C)C)c(Sc3cc(Cl)cc(Cl)c3)n2C)CCCCCC1. The number of methoxy groups -OCH3 is 1. The van der Waals surface area contributed by atoms with Crippen LogP contribution in [0.25, 0.3) is 0 Å². The van der Waals surface area contributed by atoms with Crippen molar-refractivity contribution >= 4 is 35.0 Å². The fourth-order valence-corrected chi connectivity index (χ4v) is 5.85. The highest BCUT2D eigenvalue weighted by Gasteiger charge is 2.31. The maximum Gasteiger partial charge on any atom is 0.167 e. The molecular weight excluding hydrogens is 439 g/mol. The average molecular weight is 471 g/mol. The second kappa shape index (κ2) is 10.7. The molecule has 0 atom stereocenters. The van der Waals surface area contributed by atoms with Crippen molar-refractivity contribution < 1.29 is 9.47 Å². The van der Waals surface area contributed by atoms with Gasteiger partial charge in [-0.25, -0.2) is 4.98 Å². The van der Waals surface area contributed by atoms with E-state index in [-0.39, 0.29) is 0 Å². The molecule has 166 valence electrons. The van der Waals surface area contributed by atoms with E-state index in [1.165, 1.54) is 12.8 Å². The molecule has 0 saturated heterocycles. The van der Waals surface area contributed by atoms with Crippen LogP contribution < -0.4 is 0 Å². The summed E-state index contributed by atoms with van der Waals surface area (Å²) in [7, 11) is 3.84. The first-order chi connectivity index (χ1) is 14.3. The van der Waals surface area contributed by atoms with Crippen molar-refractivity contribution in [3.8, 4) is 0 Å². The molecule has 0 radical (unpaired) electrons. The van der Waals surface area contributed by atoms with E-state index in [4.69, 9.17) is 37.7 Å². The van der Waals surface area contributed by atoms with Gasteiger partial charge in [0.1, 0.15) is 10.9 Å². The van der Waals surface area contributed by atoms with Gasteiger partial charge in [0.05, 0.1) is 12.3 Å². The number of ether oxygens (including phenoxy) is 2. The van der Waals surface area contributed by atoms with E-state index in [9.17, 15) is 0 Å². The van der Waals surface area contributed by atoms with Crippen LogP contribution in [-0.2, 0) is 22.9 Å². The number of rotatable bonds is 8. The van der Waals surface area contributed by atoms with Crippen LogP contribution >= 0.6 is 35.0 Å². The second-order valence-electron chi connectivity index (χ2n) is 8.27. The van der Waals surface area contributed by atoms with E-state index < -0.39 is 5.79 Å². The largest absolute Gasteiger partial charge is 0.353 e. The second-order valence-corrected chi connectivity index (χ2v) is 10.2. The van der Waals surface area contributed by atoms with Crippen LogP contribution in [-0.4, -0.2) is 29.1 Å². The molecule has 4 nitrogen and oxygen atoms in total. The van der Waals surface area contributed by atoms with Gasteiger partial charge in [-0.15, -0.1) is 0 Å². The normalized spacial score (nSPS) is 16.8. The molecule has 1 aliphatic rings. The molecule has 0 spiro atoms. The van der Waals surface area contributed by atoms with Gasteiger partial charge in [0, 0.05) is 48.4 Å². The zero-order chi connectivity index (χ0) is 21.7. The quantitative estimate of drug-likeness (QED) is 0.300. The summed E-state index contributed by atoms with van der Waals surface area (Å²) in [6, 6.07) is 5.63. The number of benzene rings is 1. The molecule has 3 rings (SSSR count). The van der Waals surface area contributed by atoms with Gasteiger partial charge in [0.15, 0.2) is 5.79 Å². The lowest BCUT2D eigenvalue weighted by atomic mass is 10.1. The van der Waals surface area contributed by atoms with Crippen LogP contribution in [0.3, 0.4) is 0 Å². The summed E-state index contributed by atoms with van der Waals surface area (Å²) < 4.78 is 14.3. The van der Waals surface area contributed by atoms with Crippen molar-refractivity contribution in [2.45, 2.75) is 80.4 Å². The minimum atomic E-state index is -0.433. The molecule has 0 unspecified atom stereocenters. The Morgan fingerprint density at radius 2 is 1.73 bits per heavy atom. The van der Waals surface area contributed by atoms with E-state index in [1.54, 1.807) is 24.9 Å². The first-order valence-electron chi connectivity index (χ1n) is 10.7. The smallest absolute Gasteiger partial charge is 0.167 e. The third-order valence-corrected chi connectivity index (χ3v) is 7.27. The fraction of sp³-hybridized carbons (Fsp3) is 0.609. The maximum absolute atomic E-state index is 6.30. The Kier molecular flexibility index (Phi) is 8.56. The van der Waals surface area contributed by atoms with Gasteiger partial charge in [0.2, 0.25) is 0 Å². The van der Waals surface area contributed by atoms with Crippen molar-refractivity contribution in [1.82, 2.24) is 9.55 Å². The third-order valence-electron chi connectivity index (χ3n) is 5.69. The Hall–Kier alpha value is -0.720. The third kappa shape index (κ3) is 5.95. The van der Waals surface area contributed by atoms with Gasteiger partial charge in [-0.05, 0) is 37.0 Å². The monoisotopic (exact) mass is 470 g/mol. The molecule has 1 aromatic heterocycles. The minimum Gasteiger partial charge on any atom is -0.353 e. The molecule has 1 aliphatic carbocycles. The topological polar surface area (TPSA) is 36.3 Å². The standard InChI is InChI=1S/C23H32Cl2N2O2S/c1-16(2)21-22(30-19-14-17(24)13-18(25)15-19)27(3)20(26-21)9-12-29-23(28-4)10-7-5-6-8-11-23/h13-16H,5-12H2,1-4H3. The van der Waals surface area contributed by atoms with Gasteiger partial charge >= 0.3 is 0 Å². The van der Waals surface area contributed by atoms with Crippen LogP contribution in [0.2, 0.25) is 10.0 Å². The van der Waals surface area contributed by atoms with Gasteiger partial charge in [0.25, 0.3) is 0 Å². The number of hydrogen-bond acceptors (Lipinski definition) is 4. The molecule has 1 fully saturated rings. The van der Waals surface area contributed by atoms with Crippen LogP contribution in [0.5, 0.6) is 0 Å². The lowest BCUT2D eigenvalue weighted by molar-refractivity contribution is -0.229. The molecule has 0 bridgehead atoms. The zero-order valence-electron chi connectivity index (χ0n) is 18.3. The summed E-state index contributed by atoms with van der Waals surface area (Å²) in [5.41, 5.74) is 1.09. The molecule has 0 N–H and O–H groups in total. The van der Waals surface area contributed by atoms with E-state index in [2.05, 4.69) is 25.5 Å². The predicted octanol–water partition coefficient (Wildman–Crippen LogP) is 7.26. The number of halogens is 2. The fourth-order valence-electron chi connectivity index (χ4n) is 3.97. The van der Waals surface area contributed by atoms with E-state index in [0.717, 1.165) is 53.5 Å². The van der Waals surface area contributed by atoms with Gasteiger partial charge < -0.3 is 14.0 Å². The number of nitrogens with zero attached hydrogens (tertiary/aromatic N) is 2. The Morgan fingerprint density at radius 3 is 2.30 bits per heavy atom. The summed E-state index contributed by atoms with van der Waals surface area (Å²) in [4.78, 5) is 5.97. The van der Waals surface area contributed by atoms with Gasteiger partial charge in [-0.1, -0.05) is 61.7 Å². The average Bonchev–Trinajstić information content (AvgIpc) is 2.86. The summed E-state index contributed by atoms with van der Waals surface area (Å²) in [5.74, 6) is 0.905. The van der Waals surface area contributed by atoms with Crippen LogP contribution in [0, 0.1) is 0 Å². The van der Waals surface area contributed by atoms with Crippen LogP contribution in [0.4, 0.5) is 0 Å². The summed E-state index contributed by atoms with van der Waals surface area (Å²) in [6.07, 6.45) is 7.54. The lowest BCUT2D eigenvalue weighted by Gasteiger charge is -2.31. The predicted molar refractivity (Wildman–Crippen MR) is 125 cm³/mol. The first kappa shape index (κ1) is 23.9. The molecule has 0 amide bonds. The number of aromatic nitrogens is 2. The Bertz CT molecular complexity index is 826. The Morgan fingerprint density at radius 1 is 1.10 bits per heavy atom. The highest BCUT2D eigenvalue weighted by atomic mass is 35.5. The minimum absolute atomic E-state index is 0.315. The van der Waals surface area contributed by atoms with Gasteiger partial charge in [-0.3, -0.25) is 0 Å². The van der Waals surface area contributed by atoms with Gasteiger partial charge in [-0.2, -0.15) is 0 Å². The summed E-state index contributed by atoms with van der Waals surface area (Å²) in [6.45, 7) is 4.94. The van der Waals surface area contributed by atoms with Crippen molar-refractivity contribution in [3.63, 3.8) is 0 Å². The Labute approximate surface area is 194 Å². The van der Waals surface area contributed by atoms with Crippen molar-refractivity contribution in [3.05, 3.63) is 39.8 Å².